The first kappa shape index (κ1) is 13.6. The standard InChI is InChI=1S/C13H13BrClNO2/c1-17-7-9-3-5-12(18-9)13(16)10-4-2-8(15)6-11(10)14/h2-6,13H,7,16H2,1H3. The number of furan rings is 1. The van der Waals surface area contributed by atoms with Gasteiger partial charge in [0.05, 0.1) is 6.04 Å². The Morgan fingerprint density at radius 3 is 2.83 bits per heavy atom. The quantitative estimate of drug-likeness (QED) is 0.925. The fourth-order valence-corrected chi connectivity index (χ4v) is 2.62. The van der Waals surface area contributed by atoms with E-state index in [4.69, 9.17) is 26.5 Å². The van der Waals surface area contributed by atoms with Gasteiger partial charge in [-0.15, -0.1) is 0 Å². The highest BCUT2D eigenvalue weighted by Crippen LogP contribution is 2.30. The molecule has 0 saturated heterocycles. The molecule has 2 N–H and O–H groups in total. The second-order valence-electron chi connectivity index (χ2n) is 3.88. The summed E-state index contributed by atoms with van der Waals surface area (Å²) in [6.07, 6.45) is 0. The van der Waals surface area contributed by atoms with Gasteiger partial charge < -0.3 is 14.9 Å². The van der Waals surface area contributed by atoms with Crippen LogP contribution in [-0.2, 0) is 11.3 Å². The average molecular weight is 331 g/mol. The third-order valence-corrected chi connectivity index (χ3v) is 3.49. The summed E-state index contributed by atoms with van der Waals surface area (Å²) in [7, 11) is 1.62. The van der Waals surface area contributed by atoms with E-state index in [1.54, 1.807) is 13.2 Å². The zero-order valence-electron chi connectivity index (χ0n) is 9.82. The lowest BCUT2D eigenvalue weighted by Gasteiger charge is -2.11. The summed E-state index contributed by atoms with van der Waals surface area (Å²) >= 11 is 9.35. The van der Waals surface area contributed by atoms with Crippen molar-refractivity contribution < 1.29 is 9.15 Å². The number of ether oxygens (including phenoxy) is 1. The maximum absolute atomic E-state index is 6.17. The van der Waals surface area contributed by atoms with Crippen LogP contribution in [0.2, 0.25) is 5.02 Å². The molecule has 0 bridgehead atoms. The maximum atomic E-state index is 6.17. The van der Waals surface area contributed by atoms with Gasteiger partial charge in [0.2, 0.25) is 0 Å². The fourth-order valence-electron chi connectivity index (χ4n) is 1.69. The van der Waals surface area contributed by atoms with Gasteiger partial charge in [0.1, 0.15) is 18.1 Å². The molecule has 0 amide bonds. The molecule has 2 aromatic rings. The Bertz CT molecular complexity index is 542. The van der Waals surface area contributed by atoms with Crippen molar-refractivity contribution >= 4 is 27.5 Å². The average Bonchev–Trinajstić information content (AvgIpc) is 2.77. The van der Waals surface area contributed by atoms with Crippen molar-refractivity contribution in [3.05, 3.63) is 56.9 Å². The zero-order valence-corrected chi connectivity index (χ0v) is 12.2. The number of methoxy groups -OCH3 is 1. The SMILES string of the molecule is COCc1ccc(C(N)c2ccc(Cl)cc2Br)o1. The van der Waals surface area contributed by atoms with Crippen LogP contribution in [0.25, 0.3) is 0 Å². The smallest absolute Gasteiger partial charge is 0.129 e. The monoisotopic (exact) mass is 329 g/mol. The van der Waals surface area contributed by atoms with Gasteiger partial charge >= 0.3 is 0 Å². The van der Waals surface area contributed by atoms with Gasteiger partial charge in [0.15, 0.2) is 0 Å². The molecule has 18 heavy (non-hydrogen) atoms. The van der Waals surface area contributed by atoms with Crippen LogP contribution in [-0.4, -0.2) is 7.11 Å². The van der Waals surface area contributed by atoms with Crippen LogP contribution in [0, 0.1) is 0 Å². The lowest BCUT2D eigenvalue weighted by Crippen LogP contribution is -2.11. The molecule has 5 heteroatoms. The summed E-state index contributed by atoms with van der Waals surface area (Å²) in [4.78, 5) is 0. The molecule has 1 atom stereocenters. The van der Waals surface area contributed by atoms with Crippen LogP contribution < -0.4 is 5.73 Å². The van der Waals surface area contributed by atoms with E-state index in [0.717, 1.165) is 15.8 Å². The molecule has 3 nitrogen and oxygen atoms in total. The lowest BCUT2D eigenvalue weighted by atomic mass is 10.1. The Labute approximate surface area is 119 Å². The van der Waals surface area contributed by atoms with Gasteiger partial charge in [-0.2, -0.15) is 0 Å². The molecule has 0 fully saturated rings. The fraction of sp³-hybridized carbons (Fsp3) is 0.231. The molecule has 0 radical (unpaired) electrons. The van der Waals surface area contributed by atoms with Gasteiger partial charge in [-0.25, -0.2) is 0 Å². The number of halogens is 2. The predicted octanol–water partition coefficient (Wildman–Crippen LogP) is 3.89. The second kappa shape index (κ2) is 5.89. The number of nitrogens with two attached hydrogens (primary N) is 1. The predicted molar refractivity (Wildman–Crippen MR) is 74.6 cm³/mol. The highest BCUT2D eigenvalue weighted by atomic mass is 79.9. The minimum absolute atomic E-state index is 0.331. The third-order valence-electron chi connectivity index (χ3n) is 2.57. The van der Waals surface area contributed by atoms with E-state index in [2.05, 4.69) is 15.9 Å². The van der Waals surface area contributed by atoms with E-state index in [1.807, 2.05) is 24.3 Å². The van der Waals surface area contributed by atoms with Crippen molar-refractivity contribution in [3.8, 4) is 0 Å². The largest absolute Gasteiger partial charge is 0.462 e. The summed E-state index contributed by atoms with van der Waals surface area (Å²) in [6, 6.07) is 8.90. The Morgan fingerprint density at radius 1 is 1.39 bits per heavy atom. The van der Waals surface area contributed by atoms with E-state index in [1.165, 1.54) is 0 Å². The molecule has 1 heterocycles. The first-order valence-electron chi connectivity index (χ1n) is 5.40. The first-order valence-corrected chi connectivity index (χ1v) is 6.57. The van der Waals surface area contributed by atoms with E-state index < -0.39 is 0 Å². The number of hydrogen-bond donors (Lipinski definition) is 1. The lowest BCUT2D eigenvalue weighted by molar-refractivity contribution is 0.162. The van der Waals surface area contributed by atoms with Crippen molar-refractivity contribution in [1.82, 2.24) is 0 Å². The molecule has 0 saturated carbocycles. The van der Waals surface area contributed by atoms with Crippen LogP contribution in [0.3, 0.4) is 0 Å². The van der Waals surface area contributed by atoms with Gasteiger partial charge in [-0.05, 0) is 29.8 Å². The summed E-state index contributed by atoms with van der Waals surface area (Å²) in [5.41, 5.74) is 7.10. The normalized spacial score (nSPS) is 12.7. The maximum Gasteiger partial charge on any atom is 0.129 e. The van der Waals surface area contributed by atoms with Crippen molar-refractivity contribution in [2.24, 2.45) is 5.73 Å². The van der Waals surface area contributed by atoms with Crippen molar-refractivity contribution in [1.29, 1.82) is 0 Å². The Balaban J connectivity index is 2.26. The third kappa shape index (κ3) is 2.95. The molecular formula is C13H13BrClNO2. The molecule has 1 unspecified atom stereocenters. The van der Waals surface area contributed by atoms with Gasteiger partial charge in [-0.1, -0.05) is 33.6 Å². The van der Waals surface area contributed by atoms with Crippen LogP contribution in [0.4, 0.5) is 0 Å². The van der Waals surface area contributed by atoms with Crippen LogP contribution in [0.15, 0.2) is 39.2 Å². The highest BCUT2D eigenvalue weighted by Gasteiger charge is 2.16. The minimum Gasteiger partial charge on any atom is -0.462 e. The van der Waals surface area contributed by atoms with E-state index >= 15 is 0 Å². The zero-order chi connectivity index (χ0) is 13.1. The molecule has 1 aromatic heterocycles. The molecule has 0 aliphatic rings. The van der Waals surface area contributed by atoms with E-state index in [-0.39, 0.29) is 6.04 Å². The number of rotatable bonds is 4. The van der Waals surface area contributed by atoms with Gasteiger partial charge in [-0.3, -0.25) is 0 Å². The van der Waals surface area contributed by atoms with Crippen LogP contribution in [0.5, 0.6) is 0 Å². The second-order valence-corrected chi connectivity index (χ2v) is 5.17. The van der Waals surface area contributed by atoms with Crippen molar-refractivity contribution in [3.63, 3.8) is 0 Å². The summed E-state index contributed by atoms with van der Waals surface area (Å²) < 4.78 is 11.5. The molecule has 0 spiro atoms. The van der Waals surface area contributed by atoms with Gasteiger partial charge in [0, 0.05) is 16.6 Å². The summed E-state index contributed by atoms with van der Waals surface area (Å²) in [5.74, 6) is 1.46. The summed E-state index contributed by atoms with van der Waals surface area (Å²) in [6.45, 7) is 0.439. The molecular weight excluding hydrogens is 318 g/mol. The highest BCUT2D eigenvalue weighted by molar-refractivity contribution is 9.10. The molecule has 96 valence electrons. The molecule has 0 aliphatic carbocycles. The molecule has 0 aliphatic heterocycles. The van der Waals surface area contributed by atoms with E-state index in [0.29, 0.717) is 17.4 Å². The van der Waals surface area contributed by atoms with Crippen LogP contribution >= 0.6 is 27.5 Å². The summed E-state index contributed by atoms with van der Waals surface area (Å²) in [5, 5.41) is 0.664. The van der Waals surface area contributed by atoms with Crippen LogP contribution in [0.1, 0.15) is 23.1 Å². The first-order chi connectivity index (χ1) is 8.61. The van der Waals surface area contributed by atoms with Crippen molar-refractivity contribution in [2.75, 3.05) is 7.11 Å². The molecule has 1 aromatic carbocycles. The van der Waals surface area contributed by atoms with E-state index in [9.17, 15) is 0 Å². The Morgan fingerprint density at radius 2 is 2.17 bits per heavy atom. The van der Waals surface area contributed by atoms with Crippen molar-refractivity contribution in [2.45, 2.75) is 12.6 Å². The minimum atomic E-state index is -0.331. The molecule has 2 rings (SSSR count). The Kier molecular flexibility index (Phi) is 4.45. The topological polar surface area (TPSA) is 48.4 Å². The van der Waals surface area contributed by atoms with Gasteiger partial charge in [0.25, 0.3) is 0 Å². The number of hydrogen-bond acceptors (Lipinski definition) is 3. The Hall–Kier alpha value is -0.810. The number of benzene rings is 1.